The van der Waals surface area contributed by atoms with E-state index in [1.807, 2.05) is 38.1 Å². The summed E-state index contributed by atoms with van der Waals surface area (Å²) >= 11 is 0. The highest BCUT2D eigenvalue weighted by Gasteiger charge is 2.20. The third-order valence-electron chi connectivity index (χ3n) is 3.71. The van der Waals surface area contributed by atoms with Gasteiger partial charge in [-0.15, -0.1) is 0 Å². The molecule has 0 aliphatic heterocycles. The Hall–Kier alpha value is -2.25. The fraction of sp³-hybridized carbons (Fsp3) is 0.368. The molecular weight excluding hydrogens is 354 g/mol. The van der Waals surface area contributed by atoms with Gasteiger partial charge in [0, 0.05) is 12.6 Å². The van der Waals surface area contributed by atoms with Crippen molar-refractivity contribution in [1.29, 1.82) is 0 Å². The molecule has 0 saturated heterocycles. The van der Waals surface area contributed by atoms with Crippen LogP contribution >= 0.6 is 0 Å². The van der Waals surface area contributed by atoms with Crippen molar-refractivity contribution in [2.24, 2.45) is 0 Å². The molecule has 0 spiro atoms. The quantitative estimate of drug-likeness (QED) is 0.762. The number of methoxy groups -OCH3 is 2. The van der Waals surface area contributed by atoms with Gasteiger partial charge in [0.05, 0.1) is 25.2 Å². The van der Waals surface area contributed by atoms with E-state index in [9.17, 15) is 8.42 Å². The van der Waals surface area contributed by atoms with Crippen LogP contribution in [0.3, 0.4) is 0 Å². The van der Waals surface area contributed by atoms with E-state index in [4.69, 9.17) is 14.2 Å². The molecule has 142 valence electrons. The molecule has 0 heterocycles. The van der Waals surface area contributed by atoms with E-state index in [1.54, 1.807) is 13.0 Å². The minimum Gasteiger partial charge on any atom is -0.493 e. The van der Waals surface area contributed by atoms with E-state index in [-0.39, 0.29) is 17.5 Å². The van der Waals surface area contributed by atoms with Crippen LogP contribution in [0.2, 0.25) is 0 Å². The van der Waals surface area contributed by atoms with E-state index >= 15 is 0 Å². The molecule has 1 N–H and O–H groups in total. The fourth-order valence-corrected chi connectivity index (χ4v) is 3.77. The third kappa shape index (κ3) is 4.89. The van der Waals surface area contributed by atoms with Crippen LogP contribution in [0.4, 0.5) is 0 Å². The second-order valence-corrected chi connectivity index (χ2v) is 7.85. The lowest BCUT2D eigenvalue weighted by Gasteiger charge is -2.14. The summed E-state index contributed by atoms with van der Waals surface area (Å²) in [6, 6.07) is 10.5. The number of benzene rings is 2. The first-order valence-electron chi connectivity index (χ1n) is 8.24. The van der Waals surface area contributed by atoms with Gasteiger partial charge >= 0.3 is 0 Å². The maximum atomic E-state index is 12.7. The Balaban J connectivity index is 2.22. The Morgan fingerprint density at radius 2 is 1.69 bits per heavy atom. The summed E-state index contributed by atoms with van der Waals surface area (Å²) < 4.78 is 44.1. The average molecular weight is 379 g/mol. The minimum absolute atomic E-state index is 0.0522. The zero-order valence-corrected chi connectivity index (χ0v) is 16.5. The van der Waals surface area contributed by atoms with Crippen LogP contribution in [0.5, 0.6) is 17.2 Å². The Morgan fingerprint density at radius 1 is 1.04 bits per heavy atom. The van der Waals surface area contributed by atoms with E-state index < -0.39 is 10.0 Å². The SMILES string of the molecule is COc1cc(C)c(S(=O)(=O)NCc2cccc(OC(C)C)c2)cc1OC. The van der Waals surface area contributed by atoms with Crippen LogP contribution in [0, 0.1) is 6.92 Å². The van der Waals surface area contributed by atoms with E-state index in [0.29, 0.717) is 22.8 Å². The van der Waals surface area contributed by atoms with Crippen LogP contribution in [0.15, 0.2) is 41.3 Å². The van der Waals surface area contributed by atoms with Gasteiger partial charge in [-0.05, 0) is 50.1 Å². The number of aryl methyl sites for hydroxylation is 1. The predicted octanol–water partition coefficient (Wildman–Crippen LogP) is 3.28. The van der Waals surface area contributed by atoms with Crippen LogP contribution in [-0.4, -0.2) is 28.7 Å². The molecule has 0 aliphatic carbocycles. The van der Waals surface area contributed by atoms with Crippen molar-refractivity contribution in [3.05, 3.63) is 47.5 Å². The molecule has 0 saturated carbocycles. The molecular formula is C19H25NO5S. The summed E-state index contributed by atoms with van der Waals surface area (Å²) in [6.45, 7) is 5.75. The Morgan fingerprint density at radius 3 is 2.31 bits per heavy atom. The molecule has 0 aliphatic rings. The van der Waals surface area contributed by atoms with Crippen LogP contribution < -0.4 is 18.9 Å². The molecule has 0 aromatic heterocycles. The summed E-state index contributed by atoms with van der Waals surface area (Å²) in [5.74, 6) is 1.56. The van der Waals surface area contributed by atoms with Gasteiger partial charge in [0.15, 0.2) is 11.5 Å². The molecule has 6 nitrogen and oxygen atoms in total. The van der Waals surface area contributed by atoms with Gasteiger partial charge in [0.25, 0.3) is 0 Å². The lowest BCUT2D eigenvalue weighted by atomic mass is 10.2. The molecule has 0 atom stereocenters. The lowest BCUT2D eigenvalue weighted by Crippen LogP contribution is -2.24. The van der Waals surface area contributed by atoms with Crippen molar-refractivity contribution in [2.45, 2.75) is 38.3 Å². The number of nitrogens with one attached hydrogen (secondary N) is 1. The highest BCUT2D eigenvalue weighted by atomic mass is 32.2. The second-order valence-electron chi connectivity index (χ2n) is 6.11. The maximum Gasteiger partial charge on any atom is 0.241 e. The summed E-state index contributed by atoms with van der Waals surface area (Å²) in [4.78, 5) is 0.157. The molecule has 2 rings (SSSR count). The van der Waals surface area contributed by atoms with Gasteiger partial charge in [-0.25, -0.2) is 13.1 Å². The first-order valence-corrected chi connectivity index (χ1v) is 9.73. The molecule has 7 heteroatoms. The number of rotatable bonds is 8. The summed E-state index contributed by atoms with van der Waals surface area (Å²) in [5.41, 5.74) is 1.39. The first-order chi connectivity index (χ1) is 12.3. The number of hydrogen-bond donors (Lipinski definition) is 1. The van der Waals surface area contributed by atoms with Gasteiger partial charge in [-0.3, -0.25) is 0 Å². The second kappa shape index (κ2) is 8.42. The van der Waals surface area contributed by atoms with Crippen molar-refractivity contribution in [2.75, 3.05) is 14.2 Å². The summed E-state index contributed by atoms with van der Waals surface area (Å²) in [5, 5.41) is 0. The largest absolute Gasteiger partial charge is 0.493 e. The van der Waals surface area contributed by atoms with Crippen LogP contribution in [0.25, 0.3) is 0 Å². The molecule has 0 bridgehead atoms. The summed E-state index contributed by atoms with van der Waals surface area (Å²) in [7, 11) is -0.730. The zero-order chi connectivity index (χ0) is 19.3. The van der Waals surface area contributed by atoms with Crippen molar-refractivity contribution in [1.82, 2.24) is 4.72 Å². The fourth-order valence-electron chi connectivity index (χ4n) is 2.51. The van der Waals surface area contributed by atoms with Gasteiger partial charge in [-0.2, -0.15) is 0 Å². The number of sulfonamides is 1. The standard InChI is InChI=1S/C19H25NO5S/c1-13(2)25-16-8-6-7-15(10-16)12-20-26(21,22)19-11-18(24-5)17(23-4)9-14(19)3/h6-11,13,20H,12H2,1-5H3. The first kappa shape index (κ1) is 20.1. The van der Waals surface area contributed by atoms with Gasteiger partial charge < -0.3 is 14.2 Å². The Labute approximate surface area is 155 Å². The monoisotopic (exact) mass is 379 g/mol. The van der Waals surface area contributed by atoms with Crippen molar-refractivity contribution >= 4 is 10.0 Å². The number of ether oxygens (including phenoxy) is 3. The van der Waals surface area contributed by atoms with Crippen LogP contribution in [0.1, 0.15) is 25.0 Å². The maximum absolute atomic E-state index is 12.7. The molecule has 26 heavy (non-hydrogen) atoms. The highest BCUT2D eigenvalue weighted by molar-refractivity contribution is 7.89. The Kier molecular flexibility index (Phi) is 6.50. The zero-order valence-electron chi connectivity index (χ0n) is 15.7. The van der Waals surface area contributed by atoms with Crippen molar-refractivity contribution < 1.29 is 22.6 Å². The highest BCUT2D eigenvalue weighted by Crippen LogP contribution is 2.32. The molecule has 2 aromatic carbocycles. The van der Waals surface area contributed by atoms with E-state index in [0.717, 1.165) is 5.56 Å². The van der Waals surface area contributed by atoms with Gasteiger partial charge in [-0.1, -0.05) is 12.1 Å². The normalized spacial score (nSPS) is 11.5. The molecule has 0 unspecified atom stereocenters. The van der Waals surface area contributed by atoms with E-state index in [1.165, 1.54) is 20.3 Å². The molecule has 0 amide bonds. The Bertz CT molecular complexity index is 862. The molecule has 0 fully saturated rings. The van der Waals surface area contributed by atoms with E-state index in [2.05, 4.69) is 4.72 Å². The molecule has 0 radical (unpaired) electrons. The van der Waals surface area contributed by atoms with Gasteiger partial charge in [0.2, 0.25) is 10.0 Å². The lowest BCUT2D eigenvalue weighted by molar-refractivity contribution is 0.242. The molecule has 2 aromatic rings. The average Bonchev–Trinajstić information content (AvgIpc) is 2.59. The smallest absolute Gasteiger partial charge is 0.241 e. The topological polar surface area (TPSA) is 73.9 Å². The predicted molar refractivity (Wildman–Crippen MR) is 101 cm³/mol. The minimum atomic E-state index is -3.71. The third-order valence-corrected chi connectivity index (χ3v) is 5.25. The van der Waals surface area contributed by atoms with Crippen molar-refractivity contribution in [3.63, 3.8) is 0 Å². The van der Waals surface area contributed by atoms with Crippen LogP contribution in [-0.2, 0) is 16.6 Å². The van der Waals surface area contributed by atoms with Gasteiger partial charge in [0.1, 0.15) is 5.75 Å². The van der Waals surface area contributed by atoms with Crippen molar-refractivity contribution in [3.8, 4) is 17.2 Å². The number of hydrogen-bond acceptors (Lipinski definition) is 5. The summed E-state index contributed by atoms with van der Waals surface area (Å²) in [6.07, 6.45) is 0.0522.